The van der Waals surface area contributed by atoms with E-state index in [4.69, 9.17) is 0 Å². The topological polar surface area (TPSA) is 19.4 Å². The third-order valence-corrected chi connectivity index (χ3v) is 41.1. The van der Waals surface area contributed by atoms with E-state index in [9.17, 15) is 0 Å². The average Bonchev–Trinajstić information content (AvgIpc) is 2.29. The molecule has 0 aliphatic rings. The van der Waals surface area contributed by atoms with Gasteiger partial charge in [0.25, 0.3) is 0 Å². The third kappa shape index (κ3) is 26.4. The second kappa shape index (κ2) is 37.1. The van der Waals surface area contributed by atoms with Gasteiger partial charge in [-0.2, -0.15) is 0 Å². The molecule has 0 aliphatic heterocycles. The van der Waals surface area contributed by atoms with Gasteiger partial charge in [-0.3, -0.25) is 0 Å². The second-order valence-electron chi connectivity index (χ2n) is 27.3. The summed E-state index contributed by atoms with van der Waals surface area (Å²) in [4.78, 5) is 0. The lowest BCUT2D eigenvalue weighted by Crippen LogP contribution is -2.55. The minimum Gasteiger partial charge on any atom is -0.329 e. The highest BCUT2D eigenvalue weighted by Gasteiger charge is 2.30. The minimum absolute atomic E-state index is 1.18. The predicted molar refractivity (Wildman–Crippen MR) is 416 cm³/mol. The van der Waals surface area contributed by atoms with Crippen LogP contribution in [0.3, 0.4) is 0 Å². The maximum atomic E-state index is 3.87. The zero-order valence-corrected chi connectivity index (χ0v) is 65.4. The van der Waals surface area contributed by atoms with Crippen LogP contribution < -0.4 is 15.6 Å². The van der Waals surface area contributed by atoms with Crippen LogP contribution in [0, 0.1) is 0 Å². The lowest BCUT2D eigenvalue weighted by molar-refractivity contribution is 0.617. The van der Waals surface area contributed by atoms with Gasteiger partial charge < -0.3 is 27.4 Å². The van der Waals surface area contributed by atoms with Crippen molar-refractivity contribution >= 4 is 101 Å². The largest absolute Gasteiger partial charge is 0.329 e. The highest BCUT2D eigenvalue weighted by molar-refractivity contribution is 6.88. The van der Waals surface area contributed by atoms with Crippen molar-refractivity contribution in [2.24, 2.45) is 0 Å². The number of rotatable bonds is 21. The molecule has 474 valence electrons. The molecule has 0 aromatic heterocycles. The zero-order chi connectivity index (χ0) is 66.7. The second-order valence-corrected chi connectivity index (χ2v) is 55.6. The van der Waals surface area contributed by atoms with Gasteiger partial charge in [0, 0.05) is 0 Å². The Morgan fingerprint density at radius 1 is 0.287 bits per heavy atom. The molecule has 0 radical (unpaired) electrons. The summed E-state index contributed by atoms with van der Waals surface area (Å²) in [5.74, 6) is 0. The number of benzene rings is 6. The van der Waals surface area contributed by atoms with E-state index in [1.807, 2.05) is 36.5 Å². The molecular formula is C75H120N6Si6. The Bertz CT molecular complexity index is 3040. The molecule has 0 saturated carbocycles. The third-order valence-electron chi connectivity index (χ3n) is 18.1. The molecule has 87 heavy (non-hydrogen) atoms. The van der Waals surface area contributed by atoms with Crippen LogP contribution >= 0.6 is 0 Å². The summed E-state index contributed by atoms with van der Waals surface area (Å²) in [7, 11) is 18.0. The van der Waals surface area contributed by atoms with Gasteiger partial charge in [-0.1, -0.05) is 300 Å². The summed E-state index contributed by atoms with van der Waals surface area (Å²) in [5.41, 5.74) is 11.7. The Morgan fingerprint density at radius 2 is 0.655 bits per heavy atom. The van der Waals surface area contributed by atoms with Gasteiger partial charge in [0.15, 0.2) is 24.7 Å². The van der Waals surface area contributed by atoms with Crippen LogP contribution in [0.5, 0.6) is 0 Å². The molecule has 0 atom stereocenters. The summed E-state index contributed by atoms with van der Waals surface area (Å²) >= 11 is 0. The standard InChI is InChI=1S/3C13H21NSi.3C12H19NSi/c1-6-12-7-9-13(10-8-12)11-15(4,5)14(2)3;1-6-12-8-7-9-13(10-12)11-15(4,5)14(2)3;1-6-12-9-7-8-10-13(12)11-15(4,5)14(2)3;1-6-11-7-9-12(10-8-11)14(4,5)13(2)3;1-6-11-8-7-9-12(10-11)14(4,5)13(2)3;1-6-11-9-7-8-10-12(11)14(4,5)13(2)3/h3*6-10H,1,11H2,2-5H3;3*6-10H,1H2,2-5H3. The fraction of sp³-hybridized carbons (Fsp3) is 0.360. The molecule has 0 fully saturated rings. The predicted octanol–water partition coefficient (Wildman–Crippen LogP) is 16.4. The van der Waals surface area contributed by atoms with Crippen molar-refractivity contribution in [2.45, 2.75) is 96.7 Å². The summed E-state index contributed by atoms with van der Waals surface area (Å²) < 4.78 is 14.3. The van der Waals surface area contributed by atoms with Crippen molar-refractivity contribution in [1.29, 1.82) is 0 Å². The van der Waals surface area contributed by atoms with Crippen LogP contribution in [0.25, 0.3) is 36.5 Å². The molecule has 12 heteroatoms. The van der Waals surface area contributed by atoms with Crippen LogP contribution in [0.1, 0.15) is 50.1 Å². The molecule has 0 N–H and O–H groups in total. The van der Waals surface area contributed by atoms with Crippen LogP contribution in [-0.4, -0.2) is 161 Å². The molecule has 0 saturated heterocycles. The monoisotopic (exact) mass is 1270 g/mol. The first-order chi connectivity index (χ1) is 40.3. The minimum atomic E-state index is -1.46. The van der Waals surface area contributed by atoms with Gasteiger partial charge in [-0.25, -0.2) is 0 Å². The first-order valence-electron chi connectivity index (χ1n) is 30.7. The Labute approximate surface area is 541 Å². The SMILES string of the molecule is C=Cc1ccc(C[Si](C)(C)N(C)C)cc1.C=Cc1ccc([Si](C)(C)N(C)C)cc1.C=Cc1cccc(C[Si](C)(C)N(C)C)c1.C=Cc1cccc([Si](C)(C)N(C)C)c1.C=Cc1ccccc1C[Si](C)(C)N(C)C.C=Cc1ccccc1[Si](C)(C)N(C)C. The molecule has 0 spiro atoms. The molecular weight excluding hydrogens is 1150 g/mol. The first-order valence-corrected chi connectivity index (χ1v) is 49.0. The van der Waals surface area contributed by atoms with Gasteiger partial charge in [0.1, 0.15) is 24.7 Å². The fourth-order valence-electron chi connectivity index (χ4n) is 8.50. The van der Waals surface area contributed by atoms with Crippen LogP contribution in [0.2, 0.25) is 78.6 Å². The van der Waals surface area contributed by atoms with E-state index in [1.54, 1.807) is 0 Å². The Kier molecular flexibility index (Phi) is 34.0. The lowest BCUT2D eigenvalue weighted by atomic mass is 10.1. The summed E-state index contributed by atoms with van der Waals surface area (Å²) in [6, 6.07) is 55.5. The molecule has 0 unspecified atom stereocenters. The van der Waals surface area contributed by atoms with Gasteiger partial charge in [-0.05, 0) is 168 Å². The van der Waals surface area contributed by atoms with E-state index >= 15 is 0 Å². The number of hydrogen-bond donors (Lipinski definition) is 0. The Hall–Kier alpha value is -5.18. The van der Waals surface area contributed by atoms with Gasteiger partial charge in [0.2, 0.25) is 0 Å². The molecule has 6 nitrogen and oxygen atoms in total. The smallest absolute Gasteiger partial charge is 0.154 e. The van der Waals surface area contributed by atoms with Crippen LogP contribution in [0.15, 0.2) is 185 Å². The molecule has 0 aliphatic carbocycles. The van der Waals surface area contributed by atoms with Crippen LogP contribution in [0.4, 0.5) is 0 Å². The van der Waals surface area contributed by atoms with E-state index in [2.05, 4.69) is 376 Å². The highest BCUT2D eigenvalue weighted by Crippen LogP contribution is 2.20. The maximum Gasteiger partial charge on any atom is 0.154 e. The summed E-state index contributed by atoms with van der Waals surface area (Å²) in [6.07, 6.45) is 11.5. The molecule has 0 amide bonds. The van der Waals surface area contributed by atoms with Crippen molar-refractivity contribution < 1.29 is 0 Å². The van der Waals surface area contributed by atoms with E-state index in [1.165, 1.54) is 83.8 Å². The first kappa shape index (κ1) is 79.8. The van der Waals surface area contributed by atoms with E-state index in [0.29, 0.717) is 0 Å². The summed E-state index contributed by atoms with van der Waals surface area (Å²) in [5, 5.41) is 4.38. The molecule has 6 rings (SSSR count). The van der Waals surface area contributed by atoms with Gasteiger partial charge in [0.05, 0.1) is 0 Å². The normalized spacial score (nSPS) is 11.8. The highest BCUT2D eigenvalue weighted by atomic mass is 28.3. The molecule has 6 aromatic carbocycles. The van der Waals surface area contributed by atoms with Crippen molar-refractivity contribution in [3.63, 3.8) is 0 Å². The summed E-state index contributed by atoms with van der Waals surface area (Å²) in [6.45, 7) is 51.4. The average molecular weight is 1270 g/mol. The number of nitrogens with zero attached hydrogens (tertiary/aromatic N) is 6. The van der Waals surface area contributed by atoms with Gasteiger partial charge >= 0.3 is 0 Å². The maximum absolute atomic E-state index is 3.87. The molecule has 0 heterocycles. The Morgan fingerprint density at radius 3 is 1.08 bits per heavy atom. The van der Waals surface area contributed by atoms with Crippen molar-refractivity contribution in [3.8, 4) is 0 Å². The van der Waals surface area contributed by atoms with E-state index < -0.39 is 49.4 Å². The van der Waals surface area contributed by atoms with Crippen LogP contribution in [-0.2, 0) is 18.1 Å². The van der Waals surface area contributed by atoms with Crippen molar-refractivity contribution in [3.05, 3.63) is 235 Å². The molecule has 6 aromatic rings. The number of hydrogen-bond acceptors (Lipinski definition) is 6. The lowest BCUT2D eigenvalue weighted by Gasteiger charge is -2.31. The van der Waals surface area contributed by atoms with Gasteiger partial charge in [-0.15, -0.1) is 0 Å². The van der Waals surface area contributed by atoms with E-state index in [-0.39, 0.29) is 0 Å². The zero-order valence-electron chi connectivity index (χ0n) is 59.4. The van der Waals surface area contributed by atoms with Crippen molar-refractivity contribution in [2.75, 3.05) is 84.6 Å². The van der Waals surface area contributed by atoms with E-state index in [0.717, 1.165) is 0 Å². The van der Waals surface area contributed by atoms with Crippen molar-refractivity contribution in [1.82, 2.24) is 27.4 Å². The molecule has 0 bridgehead atoms. The quantitative estimate of drug-likeness (QED) is 0.0664. The Balaban J connectivity index is 0.000000522. The fourth-order valence-corrected chi connectivity index (χ4v) is 18.1.